The highest BCUT2D eigenvalue weighted by Gasteiger charge is 2.40. The van der Waals surface area contributed by atoms with Gasteiger partial charge in [-0.2, -0.15) is 0 Å². The largest absolute Gasteiger partial charge is 0.369 e. The van der Waals surface area contributed by atoms with E-state index in [0.717, 1.165) is 17.3 Å². The van der Waals surface area contributed by atoms with E-state index in [1.54, 1.807) is 11.0 Å². The molecule has 0 unspecified atom stereocenters. The predicted molar refractivity (Wildman–Crippen MR) is 151 cm³/mol. The molecular weight excluding hydrogens is 546 g/mol. The standard InChI is InChI=1S/C30H34F2N6O4/c31-23-16-19(27(33)40)1-4-24(23)37-9-7-30(32,8-10-37)18-35-11-13-36(14-12-35)21-2-3-22-20(15-21)17-38(29(22)42)25-5-6-26(39)34-28(25)41/h1-4,15-16,25H,5-14,17-18H2,(H2,33,40)(H,34,39,41)/t25-/m0/s1. The molecule has 4 aliphatic heterocycles. The molecule has 3 fully saturated rings. The Morgan fingerprint density at radius 2 is 1.71 bits per heavy atom. The van der Waals surface area contributed by atoms with E-state index in [2.05, 4.69) is 15.1 Å². The van der Waals surface area contributed by atoms with Crippen LogP contribution in [-0.4, -0.2) is 91.0 Å². The van der Waals surface area contributed by atoms with Gasteiger partial charge in [0.05, 0.1) is 5.69 Å². The number of halogens is 2. The molecule has 6 rings (SSSR count). The molecule has 0 bridgehead atoms. The van der Waals surface area contributed by atoms with E-state index in [4.69, 9.17) is 5.73 Å². The van der Waals surface area contributed by atoms with Gasteiger partial charge >= 0.3 is 0 Å². The lowest BCUT2D eigenvalue weighted by molar-refractivity contribution is -0.136. The first-order chi connectivity index (χ1) is 20.1. The van der Waals surface area contributed by atoms with Crippen LogP contribution < -0.4 is 20.9 Å². The van der Waals surface area contributed by atoms with E-state index >= 15 is 4.39 Å². The molecule has 0 saturated carbocycles. The number of benzene rings is 2. The third-order valence-corrected chi connectivity index (χ3v) is 8.98. The molecule has 10 nitrogen and oxygen atoms in total. The van der Waals surface area contributed by atoms with Crippen LogP contribution in [0, 0.1) is 5.82 Å². The number of primary amides is 1. The van der Waals surface area contributed by atoms with Gasteiger partial charge in [-0.3, -0.25) is 29.4 Å². The van der Waals surface area contributed by atoms with Crippen LogP contribution in [0.15, 0.2) is 36.4 Å². The van der Waals surface area contributed by atoms with Gasteiger partial charge in [0, 0.05) is 88.4 Å². The second kappa shape index (κ2) is 11.0. The lowest BCUT2D eigenvalue weighted by Crippen LogP contribution is -2.53. The van der Waals surface area contributed by atoms with Crippen molar-refractivity contribution in [2.24, 2.45) is 5.73 Å². The van der Waals surface area contributed by atoms with Gasteiger partial charge in [0.1, 0.15) is 17.5 Å². The van der Waals surface area contributed by atoms with Gasteiger partial charge in [-0.15, -0.1) is 0 Å². The van der Waals surface area contributed by atoms with Gasteiger partial charge in [0.25, 0.3) is 5.91 Å². The molecule has 4 heterocycles. The molecule has 42 heavy (non-hydrogen) atoms. The zero-order valence-electron chi connectivity index (χ0n) is 23.3. The zero-order valence-corrected chi connectivity index (χ0v) is 23.3. The smallest absolute Gasteiger partial charge is 0.255 e. The van der Waals surface area contributed by atoms with Gasteiger partial charge in [0.2, 0.25) is 17.7 Å². The Morgan fingerprint density at radius 3 is 2.38 bits per heavy atom. The Bertz CT molecular complexity index is 1430. The van der Waals surface area contributed by atoms with Crippen molar-refractivity contribution >= 4 is 35.0 Å². The summed E-state index contributed by atoms with van der Waals surface area (Å²) in [5, 5.41) is 2.33. The maximum atomic E-state index is 15.8. The quantitative estimate of drug-likeness (QED) is 0.501. The zero-order chi connectivity index (χ0) is 29.6. The second-order valence-electron chi connectivity index (χ2n) is 11.7. The van der Waals surface area contributed by atoms with Gasteiger partial charge in [-0.05, 0) is 48.4 Å². The third-order valence-electron chi connectivity index (χ3n) is 8.98. The summed E-state index contributed by atoms with van der Waals surface area (Å²) in [6, 6.07) is 9.22. The molecule has 3 N–H and O–H groups in total. The number of anilines is 2. The molecule has 2 aromatic rings. The van der Waals surface area contributed by atoms with Crippen molar-refractivity contribution in [2.75, 3.05) is 55.6 Å². The third kappa shape index (κ3) is 5.42. The van der Waals surface area contributed by atoms with E-state index in [-0.39, 0.29) is 36.6 Å². The van der Waals surface area contributed by atoms with Gasteiger partial charge in [0.15, 0.2) is 0 Å². The van der Waals surface area contributed by atoms with Crippen LogP contribution in [0.25, 0.3) is 0 Å². The van der Waals surface area contributed by atoms with Crippen molar-refractivity contribution in [2.45, 2.75) is 43.9 Å². The molecule has 222 valence electrons. The van der Waals surface area contributed by atoms with Gasteiger partial charge in [-0.1, -0.05) is 0 Å². The number of rotatable bonds is 6. The van der Waals surface area contributed by atoms with E-state index in [1.807, 2.05) is 17.0 Å². The summed E-state index contributed by atoms with van der Waals surface area (Å²) in [6.07, 6.45) is 1.11. The molecule has 3 saturated heterocycles. The van der Waals surface area contributed by atoms with Crippen molar-refractivity contribution in [1.82, 2.24) is 15.1 Å². The summed E-state index contributed by atoms with van der Waals surface area (Å²) in [7, 11) is 0. The Labute approximate surface area is 242 Å². The van der Waals surface area contributed by atoms with E-state index in [0.29, 0.717) is 70.0 Å². The predicted octanol–water partition coefficient (Wildman–Crippen LogP) is 1.82. The molecule has 0 spiro atoms. The second-order valence-corrected chi connectivity index (χ2v) is 11.7. The Kier molecular flexibility index (Phi) is 7.34. The Hall–Kier alpha value is -4.06. The Morgan fingerprint density at radius 1 is 0.976 bits per heavy atom. The number of piperidine rings is 2. The van der Waals surface area contributed by atoms with Crippen LogP contribution in [0.3, 0.4) is 0 Å². The van der Waals surface area contributed by atoms with Crippen LogP contribution in [-0.2, 0) is 16.1 Å². The van der Waals surface area contributed by atoms with Crippen molar-refractivity contribution < 1.29 is 28.0 Å². The summed E-state index contributed by atoms with van der Waals surface area (Å²) in [4.78, 5) is 55.9. The number of imide groups is 1. The maximum absolute atomic E-state index is 15.8. The van der Waals surface area contributed by atoms with Crippen molar-refractivity contribution in [3.05, 3.63) is 58.9 Å². The van der Waals surface area contributed by atoms with Crippen LogP contribution in [0.4, 0.5) is 20.2 Å². The molecule has 1 atom stereocenters. The number of hydrogen-bond donors (Lipinski definition) is 2. The summed E-state index contributed by atoms with van der Waals surface area (Å²) < 4.78 is 30.4. The van der Waals surface area contributed by atoms with Crippen LogP contribution in [0.1, 0.15) is 52.0 Å². The SMILES string of the molecule is NC(=O)c1ccc(N2CCC(F)(CN3CCN(c4ccc5c(c4)CN([C@H]4CCC(=O)NC4=O)C5=O)CC3)CC2)c(F)c1. The number of nitrogens with two attached hydrogens (primary N) is 1. The fourth-order valence-electron chi connectivity index (χ4n) is 6.55. The summed E-state index contributed by atoms with van der Waals surface area (Å²) >= 11 is 0. The van der Waals surface area contributed by atoms with Crippen molar-refractivity contribution in [1.29, 1.82) is 0 Å². The average Bonchev–Trinajstić information content (AvgIpc) is 3.29. The topological polar surface area (TPSA) is 119 Å². The van der Waals surface area contributed by atoms with Crippen LogP contribution in [0.2, 0.25) is 0 Å². The maximum Gasteiger partial charge on any atom is 0.255 e. The summed E-state index contributed by atoms with van der Waals surface area (Å²) in [5.41, 5.74) is 6.75. The van der Waals surface area contributed by atoms with Gasteiger partial charge in [-0.25, -0.2) is 8.78 Å². The molecule has 2 aromatic carbocycles. The molecule has 4 amide bonds. The molecule has 4 aliphatic rings. The minimum Gasteiger partial charge on any atom is -0.369 e. The number of carbonyl (C=O) groups is 4. The van der Waals surface area contributed by atoms with E-state index < -0.39 is 29.3 Å². The lowest BCUT2D eigenvalue weighted by atomic mass is 9.92. The molecular formula is C30H34F2N6O4. The van der Waals surface area contributed by atoms with Crippen LogP contribution in [0.5, 0.6) is 0 Å². The lowest BCUT2D eigenvalue weighted by Gasteiger charge is -2.43. The average molecular weight is 581 g/mol. The number of nitrogens with zero attached hydrogens (tertiary/aromatic N) is 4. The monoisotopic (exact) mass is 580 g/mol. The highest BCUT2D eigenvalue weighted by molar-refractivity contribution is 6.05. The van der Waals surface area contributed by atoms with Gasteiger partial charge < -0.3 is 20.4 Å². The normalized spacial score (nSPS) is 22.8. The molecule has 0 aromatic heterocycles. The summed E-state index contributed by atoms with van der Waals surface area (Å²) in [5.74, 6) is -2.15. The Balaban J connectivity index is 1.02. The van der Waals surface area contributed by atoms with E-state index in [1.165, 1.54) is 12.1 Å². The molecule has 0 radical (unpaired) electrons. The highest BCUT2D eigenvalue weighted by atomic mass is 19.1. The number of fused-ring (bicyclic) bond motifs is 1. The van der Waals surface area contributed by atoms with E-state index in [9.17, 15) is 23.6 Å². The molecule has 12 heteroatoms. The summed E-state index contributed by atoms with van der Waals surface area (Å²) in [6.45, 7) is 4.21. The number of nitrogens with one attached hydrogen (secondary N) is 1. The number of hydrogen-bond acceptors (Lipinski definition) is 7. The minimum atomic E-state index is -1.37. The number of piperazine rings is 1. The first-order valence-electron chi connectivity index (χ1n) is 14.4. The number of alkyl halides is 1. The van der Waals surface area contributed by atoms with Crippen molar-refractivity contribution in [3.8, 4) is 0 Å². The fraction of sp³-hybridized carbons (Fsp3) is 0.467. The first-order valence-corrected chi connectivity index (χ1v) is 14.4. The first kappa shape index (κ1) is 28.1. The number of amides is 4. The minimum absolute atomic E-state index is 0.106. The fourth-order valence-corrected chi connectivity index (χ4v) is 6.55. The van der Waals surface area contributed by atoms with Crippen molar-refractivity contribution in [3.63, 3.8) is 0 Å². The molecule has 0 aliphatic carbocycles. The number of carbonyl (C=O) groups excluding carboxylic acids is 4. The van der Waals surface area contributed by atoms with Crippen LogP contribution >= 0.6 is 0 Å². The highest BCUT2D eigenvalue weighted by Crippen LogP contribution is 2.34.